The van der Waals surface area contributed by atoms with Gasteiger partial charge in [0.15, 0.2) is 11.4 Å². The van der Waals surface area contributed by atoms with Gasteiger partial charge in [-0.25, -0.2) is 4.68 Å². The highest BCUT2D eigenvalue weighted by atomic mass is 35.5. The van der Waals surface area contributed by atoms with Crippen LogP contribution in [0.5, 0.6) is 5.88 Å². The van der Waals surface area contributed by atoms with Crippen molar-refractivity contribution in [3.8, 4) is 11.6 Å². The minimum absolute atomic E-state index is 0.0413. The third-order valence-corrected chi connectivity index (χ3v) is 7.18. The summed E-state index contributed by atoms with van der Waals surface area (Å²) in [7, 11) is 4.97. The quantitative estimate of drug-likeness (QED) is 0.168. The van der Waals surface area contributed by atoms with Crippen molar-refractivity contribution in [3.63, 3.8) is 0 Å². The summed E-state index contributed by atoms with van der Waals surface area (Å²) < 4.78 is 7.43. The van der Waals surface area contributed by atoms with Gasteiger partial charge in [0.25, 0.3) is 5.91 Å². The molecule has 0 spiro atoms. The number of carboxylic acids is 1. The van der Waals surface area contributed by atoms with Crippen molar-refractivity contribution < 1.29 is 24.5 Å². The van der Waals surface area contributed by atoms with Gasteiger partial charge in [0.05, 0.1) is 18.2 Å². The Labute approximate surface area is 236 Å². The minimum atomic E-state index is -1.58. The van der Waals surface area contributed by atoms with E-state index >= 15 is 0 Å². The van der Waals surface area contributed by atoms with Crippen molar-refractivity contribution in [3.05, 3.63) is 75.9 Å². The van der Waals surface area contributed by atoms with Gasteiger partial charge in [-0.3, -0.25) is 25.5 Å². The largest absolute Gasteiger partial charge is 0.481 e. The number of aliphatic hydroxyl groups is 1. The maximum absolute atomic E-state index is 13.3. The van der Waals surface area contributed by atoms with E-state index in [1.807, 2.05) is 6.07 Å². The maximum Gasteiger partial charge on any atom is 0.305 e. The Hall–Kier alpha value is -3.19. The fraction of sp³-hybridized carbons (Fsp3) is 0.346. The Balaban J connectivity index is 1.96. The number of amides is 1. The summed E-state index contributed by atoms with van der Waals surface area (Å²) in [4.78, 5) is 24.9. The lowest BCUT2D eigenvalue weighted by molar-refractivity contribution is -0.137. The lowest BCUT2D eigenvalue weighted by atomic mass is 9.98. The molecule has 2 aromatic carbocycles. The third kappa shape index (κ3) is 6.88. The maximum atomic E-state index is 13.3. The fourth-order valence-electron chi connectivity index (χ4n) is 3.94. The van der Waals surface area contributed by atoms with Gasteiger partial charge in [-0.05, 0) is 64.0 Å². The number of rotatable bonds is 13. The number of aliphatic carboxylic acids is 1. The summed E-state index contributed by atoms with van der Waals surface area (Å²) in [6.45, 7) is 1.52. The molecule has 210 valence electrons. The van der Waals surface area contributed by atoms with Gasteiger partial charge in [-0.15, -0.1) is 0 Å². The SMILES string of the molecule is CNC(C)(NC)[C@](O)(COc1cc(C(=O)N[C@@H](CC(=O)O)c2cc(Cl)ccc2Cl)nn1-c1ccccc1)NC. The van der Waals surface area contributed by atoms with Gasteiger partial charge in [-0.1, -0.05) is 41.4 Å². The highest BCUT2D eigenvalue weighted by molar-refractivity contribution is 6.33. The first kappa shape index (κ1) is 30.4. The average molecular weight is 579 g/mol. The van der Waals surface area contributed by atoms with Gasteiger partial charge in [0, 0.05) is 16.1 Å². The number of hydrogen-bond donors (Lipinski definition) is 6. The molecule has 6 N–H and O–H groups in total. The number of likely N-dealkylation sites (N-methyl/N-ethyl adjacent to an activating group) is 3. The second-order valence-electron chi connectivity index (χ2n) is 8.93. The number of carbonyl (C=O) groups is 2. The third-order valence-electron chi connectivity index (χ3n) is 6.60. The Morgan fingerprint density at radius 2 is 1.72 bits per heavy atom. The first-order valence-electron chi connectivity index (χ1n) is 12.0. The van der Waals surface area contributed by atoms with Crippen LogP contribution >= 0.6 is 23.2 Å². The number of aromatic nitrogens is 2. The second-order valence-corrected chi connectivity index (χ2v) is 9.77. The van der Waals surface area contributed by atoms with E-state index in [4.69, 9.17) is 27.9 Å². The Bertz CT molecular complexity index is 1300. The predicted octanol–water partition coefficient (Wildman–Crippen LogP) is 2.57. The summed E-state index contributed by atoms with van der Waals surface area (Å²) in [5.74, 6) is -1.63. The number of nitrogens with one attached hydrogen (secondary N) is 4. The van der Waals surface area contributed by atoms with E-state index < -0.39 is 35.7 Å². The summed E-state index contributed by atoms with van der Waals surface area (Å²) in [6, 6.07) is 14.0. The normalized spacial score (nSPS) is 13.9. The lowest BCUT2D eigenvalue weighted by Crippen LogP contribution is -2.74. The summed E-state index contributed by atoms with van der Waals surface area (Å²) in [6.07, 6.45) is -0.434. The number of ether oxygens (including phenoxy) is 1. The lowest BCUT2D eigenvalue weighted by Gasteiger charge is -2.44. The van der Waals surface area contributed by atoms with Crippen molar-refractivity contribution in [1.82, 2.24) is 31.0 Å². The van der Waals surface area contributed by atoms with Gasteiger partial charge in [-0.2, -0.15) is 5.10 Å². The zero-order chi connectivity index (χ0) is 28.8. The molecule has 2 atom stereocenters. The van der Waals surface area contributed by atoms with E-state index in [1.165, 1.54) is 22.9 Å². The highest BCUT2D eigenvalue weighted by Crippen LogP contribution is 2.29. The molecule has 0 aliphatic carbocycles. The molecule has 0 aliphatic rings. The van der Waals surface area contributed by atoms with Gasteiger partial charge < -0.3 is 20.3 Å². The molecule has 0 saturated heterocycles. The first-order chi connectivity index (χ1) is 18.5. The van der Waals surface area contributed by atoms with Crippen molar-refractivity contribution in [2.75, 3.05) is 27.7 Å². The molecule has 0 saturated carbocycles. The van der Waals surface area contributed by atoms with Crippen LogP contribution in [0.3, 0.4) is 0 Å². The van der Waals surface area contributed by atoms with Crippen molar-refractivity contribution >= 4 is 35.1 Å². The van der Waals surface area contributed by atoms with E-state index in [9.17, 15) is 19.8 Å². The van der Waals surface area contributed by atoms with E-state index in [0.717, 1.165) is 0 Å². The van der Waals surface area contributed by atoms with Gasteiger partial charge in [0.2, 0.25) is 5.88 Å². The smallest absolute Gasteiger partial charge is 0.305 e. The zero-order valence-electron chi connectivity index (χ0n) is 22.0. The number of carbonyl (C=O) groups excluding carboxylic acids is 1. The molecule has 0 aliphatic heterocycles. The highest BCUT2D eigenvalue weighted by Gasteiger charge is 2.45. The molecule has 1 heterocycles. The van der Waals surface area contributed by atoms with Crippen LogP contribution < -0.4 is 26.0 Å². The summed E-state index contributed by atoms with van der Waals surface area (Å²) in [5, 5.41) is 37.4. The number of benzene rings is 2. The molecule has 11 nitrogen and oxygen atoms in total. The molecule has 0 unspecified atom stereocenters. The monoisotopic (exact) mass is 578 g/mol. The molecule has 0 bridgehead atoms. The first-order valence-corrected chi connectivity index (χ1v) is 12.8. The molecule has 1 aromatic heterocycles. The number of carboxylic acid groups (broad SMARTS) is 1. The molecule has 1 amide bonds. The predicted molar refractivity (Wildman–Crippen MR) is 149 cm³/mol. The zero-order valence-corrected chi connectivity index (χ0v) is 23.5. The number of nitrogens with zero attached hydrogens (tertiary/aromatic N) is 2. The Morgan fingerprint density at radius 3 is 2.31 bits per heavy atom. The minimum Gasteiger partial charge on any atom is -0.481 e. The molecular formula is C26H32Cl2N6O5. The molecule has 0 fully saturated rings. The number of halogens is 2. The molecule has 3 aromatic rings. The van der Waals surface area contributed by atoms with E-state index in [2.05, 4.69) is 26.4 Å². The van der Waals surface area contributed by atoms with Crippen LogP contribution in [-0.4, -0.2) is 71.0 Å². The standard InChI is InChI=1S/C26H32Cl2N6O5/c1-25(29-2,30-3)26(38,31-4)15-39-22-13-21(33-34(22)17-8-6-5-7-9-17)24(37)32-20(14-23(35)36)18-12-16(27)10-11-19(18)28/h5-13,20,29-31,38H,14-15H2,1-4H3,(H,32,37)(H,35,36)/t20-,26+/m0/s1. The van der Waals surface area contributed by atoms with Gasteiger partial charge in [0.1, 0.15) is 12.3 Å². The van der Waals surface area contributed by atoms with Crippen LogP contribution in [0.15, 0.2) is 54.6 Å². The molecular weight excluding hydrogens is 547 g/mol. The van der Waals surface area contributed by atoms with Crippen molar-refractivity contribution in [2.24, 2.45) is 0 Å². The van der Waals surface area contributed by atoms with Crippen LogP contribution in [0.4, 0.5) is 0 Å². The summed E-state index contributed by atoms with van der Waals surface area (Å²) >= 11 is 12.4. The van der Waals surface area contributed by atoms with Crippen molar-refractivity contribution in [2.45, 2.75) is 30.8 Å². The molecule has 3 rings (SSSR count). The summed E-state index contributed by atoms with van der Waals surface area (Å²) in [5.41, 5.74) is -1.65. The topological polar surface area (TPSA) is 150 Å². The Kier molecular flexibility index (Phi) is 9.94. The fourth-order valence-corrected chi connectivity index (χ4v) is 4.37. The molecule has 13 heteroatoms. The van der Waals surface area contributed by atoms with Gasteiger partial charge >= 0.3 is 5.97 Å². The molecule has 39 heavy (non-hydrogen) atoms. The van der Waals surface area contributed by atoms with Crippen LogP contribution in [0.25, 0.3) is 5.69 Å². The number of para-hydroxylation sites is 1. The Morgan fingerprint density at radius 1 is 1.05 bits per heavy atom. The van der Waals surface area contributed by atoms with E-state index in [0.29, 0.717) is 16.3 Å². The van der Waals surface area contributed by atoms with Crippen LogP contribution in [0.1, 0.15) is 35.4 Å². The van der Waals surface area contributed by atoms with Crippen molar-refractivity contribution in [1.29, 1.82) is 0 Å². The average Bonchev–Trinajstić information content (AvgIpc) is 3.37. The van der Waals surface area contributed by atoms with Crippen LogP contribution in [0.2, 0.25) is 10.0 Å². The van der Waals surface area contributed by atoms with Crippen LogP contribution in [-0.2, 0) is 4.79 Å². The van der Waals surface area contributed by atoms with E-state index in [-0.39, 0.29) is 23.2 Å². The number of hydrogen-bond acceptors (Lipinski definition) is 8. The van der Waals surface area contributed by atoms with Crippen LogP contribution in [0, 0.1) is 0 Å². The second kappa shape index (κ2) is 12.8. The van der Waals surface area contributed by atoms with E-state index in [1.54, 1.807) is 58.4 Å². The molecule has 0 radical (unpaired) electrons.